The quantitative estimate of drug-likeness (QED) is 0.0746. The Morgan fingerprint density at radius 3 is 2.39 bits per heavy atom. The minimum Gasteiger partial charge on any atom is -0.370 e. The molecule has 0 radical (unpaired) electrons. The Bertz CT molecular complexity index is 541. The van der Waals surface area contributed by atoms with Crippen LogP contribution in [0.4, 0.5) is 0 Å². The van der Waals surface area contributed by atoms with Crippen molar-refractivity contribution in [2.24, 2.45) is 16.5 Å². The SMILES string of the molecule is CSCCC(NC(=O)CNC=O)C(=O)NCC(=O)NC(C)CCCN=C(N)N. The monoisotopic (exact) mass is 417 g/mol. The molecule has 0 aliphatic heterocycles. The summed E-state index contributed by atoms with van der Waals surface area (Å²) in [5.74, 6) is -0.584. The molecule has 0 rings (SSSR count). The van der Waals surface area contributed by atoms with Gasteiger partial charge in [0, 0.05) is 12.6 Å². The second-order valence-corrected chi connectivity index (χ2v) is 7.02. The summed E-state index contributed by atoms with van der Waals surface area (Å²) in [6.45, 7) is 1.91. The van der Waals surface area contributed by atoms with E-state index >= 15 is 0 Å². The molecule has 0 aromatic heterocycles. The second-order valence-electron chi connectivity index (χ2n) is 6.04. The Kier molecular flexibility index (Phi) is 14.2. The Balaban J connectivity index is 4.34. The van der Waals surface area contributed by atoms with Gasteiger partial charge in [-0.1, -0.05) is 0 Å². The predicted octanol–water partition coefficient (Wildman–Crippen LogP) is -2.36. The highest BCUT2D eigenvalue weighted by molar-refractivity contribution is 7.98. The van der Waals surface area contributed by atoms with Gasteiger partial charge >= 0.3 is 0 Å². The summed E-state index contributed by atoms with van der Waals surface area (Å²) in [7, 11) is 0. The van der Waals surface area contributed by atoms with Gasteiger partial charge in [-0.2, -0.15) is 11.8 Å². The van der Waals surface area contributed by atoms with E-state index in [1.165, 1.54) is 11.8 Å². The first-order valence-corrected chi connectivity index (χ1v) is 10.3. The maximum atomic E-state index is 12.3. The van der Waals surface area contributed by atoms with Crippen molar-refractivity contribution in [3.8, 4) is 0 Å². The van der Waals surface area contributed by atoms with Crippen LogP contribution in [0.1, 0.15) is 26.2 Å². The first-order chi connectivity index (χ1) is 13.3. The zero-order valence-corrected chi connectivity index (χ0v) is 17.1. The number of guanidine groups is 1. The molecule has 0 spiro atoms. The van der Waals surface area contributed by atoms with Crippen LogP contribution in [-0.2, 0) is 19.2 Å². The van der Waals surface area contributed by atoms with E-state index in [1.807, 2.05) is 13.2 Å². The zero-order valence-electron chi connectivity index (χ0n) is 16.3. The normalized spacial score (nSPS) is 12.2. The summed E-state index contributed by atoms with van der Waals surface area (Å²) >= 11 is 1.53. The minimum atomic E-state index is -0.779. The van der Waals surface area contributed by atoms with Gasteiger partial charge in [0.25, 0.3) is 0 Å². The molecule has 2 unspecified atom stereocenters. The lowest BCUT2D eigenvalue weighted by Crippen LogP contribution is -2.51. The topological polar surface area (TPSA) is 181 Å². The standard InChI is InChI=1S/C16H31N7O4S/c1-11(4-3-6-20-16(17)18)22-14(26)9-21-15(27)12(5-7-28-2)23-13(25)8-19-10-24/h10-12H,3-9H2,1-2H3,(H,19,24)(H,21,27)(H,22,26)(H,23,25)(H4,17,18,20). The summed E-state index contributed by atoms with van der Waals surface area (Å²) in [5, 5.41) is 10.1. The number of amides is 4. The fraction of sp³-hybridized carbons (Fsp3) is 0.688. The van der Waals surface area contributed by atoms with Gasteiger partial charge in [0.15, 0.2) is 5.96 Å². The molecule has 0 saturated heterocycles. The summed E-state index contributed by atoms with van der Waals surface area (Å²) in [6.07, 6.45) is 4.09. The highest BCUT2D eigenvalue weighted by Gasteiger charge is 2.21. The van der Waals surface area contributed by atoms with Crippen LogP contribution >= 0.6 is 11.8 Å². The number of carbonyl (C=O) groups is 4. The molecule has 4 amide bonds. The van der Waals surface area contributed by atoms with Crippen LogP contribution in [0, 0.1) is 0 Å². The third-order valence-corrected chi connectivity index (χ3v) is 4.17. The van der Waals surface area contributed by atoms with Crippen LogP contribution in [0.3, 0.4) is 0 Å². The molecule has 8 N–H and O–H groups in total. The average molecular weight is 418 g/mol. The maximum absolute atomic E-state index is 12.3. The molecule has 0 bridgehead atoms. The van der Waals surface area contributed by atoms with Gasteiger partial charge in [-0.25, -0.2) is 0 Å². The molecule has 0 heterocycles. The van der Waals surface area contributed by atoms with Gasteiger partial charge in [0.1, 0.15) is 6.04 Å². The molecule has 0 fully saturated rings. The van der Waals surface area contributed by atoms with E-state index in [-0.39, 0.29) is 31.0 Å². The number of carbonyl (C=O) groups excluding carboxylic acids is 4. The molecule has 28 heavy (non-hydrogen) atoms. The Hall–Kier alpha value is -2.50. The predicted molar refractivity (Wildman–Crippen MR) is 110 cm³/mol. The lowest BCUT2D eigenvalue weighted by atomic mass is 10.2. The molecular weight excluding hydrogens is 386 g/mol. The first kappa shape index (κ1) is 25.5. The van der Waals surface area contributed by atoms with Crippen LogP contribution in [0.2, 0.25) is 0 Å². The fourth-order valence-electron chi connectivity index (χ4n) is 2.18. The van der Waals surface area contributed by atoms with Crippen LogP contribution in [0.25, 0.3) is 0 Å². The van der Waals surface area contributed by atoms with E-state index in [0.717, 1.165) is 0 Å². The Morgan fingerprint density at radius 2 is 1.79 bits per heavy atom. The van der Waals surface area contributed by atoms with Crippen LogP contribution in [-0.4, -0.2) is 73.8 Å². The number of nitrogens with two attached hydrogens (primary N) is 2. The molecular formula is C16H31N7O4S. The van der Waals surface area contributed by atoms with Gasteiger partial charge in [0.05, 0.1) is 13.1 Å². The summed E-state index contributed by atoms with van der Waals surface area (Å²) < 4.78 is 0. The number of nitrogens with one attached hydrogen (secondary N) is 4. The molecule has 2 atom stereocenters. The highest BCUT2D eigenvalue weighted by atomic mass is 32.2. The van der Waals surface area contributed by atoms with Gasteiger partial charge in [-0.3, -0.25) is 24.2 Å². The van der Waals surface area contributed by atoms with Crippen molar-refractivity contribution in [2.45, 2.75) is 38.3 Å². The highest BCUT2D eigenvalue weighted by Crippen LogP contribution is 2.01. The number of rotatable bonds is 15. The second kappa shape index (κ2) is 15.5. The third kappa shape index (κ3) is 13.7. The summed E-state index contributed by atoms with van der Waals surface area (Å²) in [6, 6.07) is -0.877. The summed E-state index contributed by atoms with van der Waals surface area (Å²) in [4.78, 5) is 50.1. The van der Waals surface area contributed by atoms with E-state index in [0.29, 0.717) is 38.0 Å². The summed E-state index contributed by atoms with van der Waals surface area (Å²) in [5.41, 5.74) is 10.5. The van der Waals surface area contributed by atoms with E-state index < -0.39 is 17.9 Å². The van der Waals surface area contributed by atoms with E-state index in [9.17, 15) is 19.2 Å². The number of thioether (sulfide) groups is 1. The number of aliphatic imine (C=N–C) groups is 1. The maximum Gasteiger partial charge on any atom is 0.243 e. The van der Waals surface area contributed by atoms with E-state index in [2.05, 4.69) is 26.3 Å². The minimum absolute atomic E-state index is 0.0319. The molecule has 0 aliphatic rings. The number of hydrogen-bond donors (Lipinski definition) is 6. The van der Waals surface area contributed by atoms with E-state index in [1.54, 1.807) is 0 Å². The Morgan fingerprint density at radius 1 is 1.11 bits per heavy atom. The average Bonchev–Trinajstić information content (AvgIpc) is 2.64. The molecule has 0 aliphatic carbocycles. The van der Waals surface area contributed by atoms with Crippen molar-refractivity contribution in [1.82, 2.24) is 21.3 Å². The smallest absolute Gasteiger partial charge is 0.243 e. The lowest BCUT2D eigenvalue weighted by molar-refractivity contribution is -0.130. The van der Waals surface area contributed by atoms with Crippen molar-refractivity contribution in [2.75, 3.05) is 31.6 Å². The fourth-order valence-corrected chi connectivity index (χ4v) is 2.65. The lowest BCUT2D eigenvalue weighted by Gasteiger charge is -2.19. The number of hydrogen-bond acceptors (Lipinski definition) is 6. The van der Waals surface area contributed by atoms with Crippen molar-refractivity contribution < 1.29 is 19.2 Å². The van der Waals surface area contributed by atoms with E-state index in [4.69, 9.17) is 11.5 Å². The van der Waals surface area contributed by atoms with Crippen LogP contribution < -0.4 is 32.7 Å². The van der Waals surface area contributed by atoms with Gasteiger partial charge in [-0.05, 0) is 38.2 Å². The van der Waals surface area contributed by atoms with Crippen molar-refractivity contribution >= 4 is 41.9 Å². The molecule has 160 valence electrons. The third-order valence-electron chi connectivity index (χ3n) is 3.53. The largest absolute Gasteiger partial charge is 0.370 e. The Labute approximate surface area is 169 Å². The molecule has 11 nitrogen and oxygen atoms in total. The molecule has 0 aromatic rings. The van der Waals surface area contributed by atoms with Crippen molar-refractivity contribution in [3.05, 3.63) is 0 Å². The number of nitrogens with zero attached hydrogens (tertiary/aromatic N) is 1. The van der Waals surface area contributed by atoms with Crippen molar-refractivity contribution in [3.63, 3.8) is 0 Å². The van der Waals surface area contributed by atoms with Gasteiger partial charge in [0.2, 0.25) is 24.1 Å². The zero-order chi connectivity index (χ0) is 21.4. The molecule has 12 heteroatoms. The molecule has 0 aromatic carbocycles. The molecule has 0 saturated carbocycles. The van der Waals surface area contributed by atoms with Crippen LogP contribution in [0.5, 0.6) is 0 Å². The van der Waals surface area contributed by atoms with Gasteiger partial charge < -0.3 is 32.7 Å². The first-order valence-electron chi connectivity index (χ1n) is 8.87. The van der Waals surface area contributed by atoms with Crippen LogP contribution in [0.15, 0.2) is 4.99 Å². The van der Waals surface area contributed by atoms with Gasteiger partial charge in [-0.15, -0.1) is 0 Å². The van der Waals surface area contributed by atoms with Crippen molar-refractivity contribution in [1.29, 1.82) is 0 Å².